The van der Waals surface area contributed by atoms with Crippen LogP contribution >= 0.6 is 0 Å². The Kier molecular flexibility index (Phi) is 3.01. The van der Waals surface area contributed by atoms with Crippen LogP contribution in [-0.4, -0.2) is 27.2 Å². The molecule has 0 radical (unpaired) electrons. The summed E-state index contributed by atoms with van der Waals surface area (Å²) in [5.41, 5.74) is -5.21. The van der Waals surface area contributed by atoms with Gasteiger partial charge < -0.3 is 4.74 Å². The highest BCUT2D eigenvalue weighted by atomic mass is 32.2. The zero-order valence-electron chi connectivity index (χ0n) is 31.1. The average molecular weight is 373 g/mol. The van der Waals surface area contributed by atoms with Crippen LogP contribution in [0.4, 0.5) is 0 Å². The summed E-state index contributed by atoms with van der Waals surface area (Å²) < 4.78 is 175. The third kappa shape index (κ3) is 7.95. The largest absolute Gasteiger partial charge is 0.465 e. The molecule has 0 heterocycles. The summed E-state index contributed by atoms with van der Waals surface area (Å²) in [5.74, 6) is -2.51. The van der Waals surface area contributed by atoms with E-state index >= 15 is 0 Å². The van der Waals surface area contributed by atoms with E-state index in [9.17, 15) is 13.2 Å². The lowest BCUT2D eigenvalue weighted by Crippen LogP contribution is -2.13. The first kappa shape index (κ1) is 6.42. The lowest BCUT2D eigenvalue weighted by atomic mass is 10.1. The number of carbonyl (C=O) groups is 1. The molecule has 0 bridgehead atoms. The van der Waals surface area contributed by atoms with Gasteiger partial charge in [-0.3, -0.25) is 0 Å². The molecule has 24 heavy (non-hydrogen) atoms. The van der Waals surface area contributed by atoms with E-state index in [1.165, 1.54) is 12.1 Å². The minimum atomic E-state index is -5.59. The number of rotatable bonds is 12. The lowest BCUT2D eigenvalue weighted by Gasteiger charge is -2.09. The van der Waals surface area contributed by atoms with Crippen LogP contribution in [-0.2, 0) is 20.3 Å². The second kappa shape index (κ2) is 11.2. The highest BCUT2D eigenvalue weighted by Crippen LogP contribution is 2.16. The van der Waals surface area contributed by atoms with Crippen molar-refractivity contribution in [1.82, 2.24) is 0 Å². The molecular weight excluding hydrogens is 324 g/mol. The summed E-state index contributed by atoms with van der Waals surface area (Å²) in [5, 5.41) is 0. The summed E-state index contributed by atoms with van der Waals surface area (Å²) in [4.78, 5) is 12.0. The second-order valence-corrected chi connectivity index (χ2v) is 5.86. The summed E-state index contributed by atoms with van der Waals surface area (Å²) in [7, 11) is -4.63. The van der Waals surface area contributed by atoms with Crippen LogP contribution in [0.1, 0.15) is 98.5 Å². The molecule has 136 valence electrons. The number of methoxy groups -OCH3 is 1. The molecule has 0 spiro atoms. The minimum absolute atomic E-state index is 0.380. The minimum Gasteiger partial charge on any atom is -0.465 e. The van der Waals surface area contributed by atoms with Crippen LogP contribution < -0.4 is 0 Å². The number of carbonyl (C=O) groups excluding carboxylic acids is 1. The smallest absolute Gasteiger partial charge is 0.338 e. The van der Waals surface area contributed by atoms with Gasteiger partial charge in [-0.2, -0.15) is 0 Å². The molecular formula is C19H30O4S. The molecule has 1 rings (SSSR count). The molecule has 1 aromatic rings. The van der Waals surface area contributed by atoms with Gasteiger partial charge in [0.25, 0.3) is 0 Å². The predicted octanol–water partition coefficient (Wildman–Crippen LogP) is 4.53. The molecule has 0 saturated carbocycles. The lowest BCUT2D eigenvalue weighted by molar-refractivity contribution is 0.0600. The predicted molar refractivity (Wildman–Crippen MR) is 97.9 cm³/mol. The molecule has 0 saturated heterocycles. The Morgan fingerprint density at radius 2 is 1.62 bits per heavy atom. The Labute approximate surface area is 171 Å². The van der Waals surface area contributed by atoms with Crippen molar-refractivity contribution in [3.63, 3.8) is 0 Å². The average Bonchev–Trinajstić information content (AvgIpc) is 2.81. The van der Waals surface area contributed by atoms with Gasteiger partial charge in [0.15, 0.2) is 9.84 Å². The van der Waals surface area contributed by atoms with Crippen molar-refractivity contribution in [2.24, 2.45) is 0 Å². The van der Waals surface area contributed by atoms with Crippen LogP contribution in [0, 0.1) is 0 Å². The second-order valence-electron chi connectivity index (χ2n) is 4.13. The van der Waals surface area contributed by atoms with E-state index in [4.69, 9.17) is 24.7 Å². The first-order valence-electron chi connectivity index (χ1n) is 15.6. The molecule has 1 aromatic carbocycles. The number of hydrogen-bond donors (Lipinski definition) is 0. The topological polar surface area (TPSA) is 60.4 Å². The number of sulfone groups is 1. The third-order valence-electron chi connectivity index (χ3n) is 2.47. The van der Waals surface area contributed by atoms with Crippen LogP contribution in [0.25, 0.3) is 0 Å². The summed E-state index contributed by atoms with van der Waals surface area (Å²) in [6.07, 6.45) is -34.4. The van der Waals surface area contributed by atoms with Gasteiger partial charge in [-0.15, -0.1) is 0 Å². The van der Waals surface area contributed by atoms with E-state index in [-0.39, 0.29) is 5.56 Å². The Morgan fingerprint density at radius 3 is 2.25 bits per heavy atom. The van der Waals surface area contributed by atoms with Gasteiger partial charge >= 0.3 is 5.97 Å². The van der Waals surface area contributed by atoms with Crippen LogP contribution in [0.2, 0.25) is 0 Å². The van der Waals surface area contributed by atoms with Gasteiger partial charge in [0, 0.05) is 24.7 Å². The maximum absolute atomic E-state index is 13.2. The first-order chi connectivity index (χ1) is 18.2. The van der Waals surface area contributed by atoms with E-state index in [2.05, 4.69) is 4.74 Å². The fourth-order valence-electron chi connectivity index (χ4n) is 1.52. The third-order valence-corrected chi connectivity index (χ3v) is 3.58. The van der Waals surface area contributed by atoms with E-state index in [0.29, 0.717) is 6.92 Å². The van der Waals surface area contributed by atoms with E-state index in [1.54, 1.807) is 0 Å². The van der Waals surface area contributed by atoms with Crippen molar-refractivity contribution in [2.75, 3.05) is 12.8 Å². The number of ether oxygens (including phenoxy) is 1. The monoisotopic (exact) mass is 372 g/mol. The molecule has 0 N–H and O–H groups in total. The fourth-order valence-corrected chi connectivity index (χ4v) is 2.46. The fraction of sp³-hybridized carbons (Fsp3) is 0.632. The zero-order chi connectivity index (χ0) is 34.0. The molecule has 0 fully saturated rings. The maximum atomic E-state index is 13.2. The van der Waals surface area contributed by atoms with Crippen molar-refractivity contribution in [3.8, 4) is 0 Å². The summed E-state index contributed by atoms with van der Waals surface area (Å²) in [6.45, 7) is 0.487. The Balaban J connectivity index is 3.80. The Hall–Kier alpha value is -1.36. The van der Waals surface area contributed by atoms with Gasteiger partial charge in [-0.25, -0.2) is 13.2 Å². The van der Waals surface area contributed by atoms with Gasteiger partial charge in [0.05, 0.1) is 24.1 Å². The maximum Gasteiger partial charge on any atom is 0.338 e. The van der Waals surface area contributed by atoms with E-state index in [0.717, 1.165) is 19.2 Å². The molecule has 0 atom stereocenters. The summed E-state index contributed by atoms with van der Waals surface area (Å²) in [6, 6.07) is 4.67. The number of hydrogen-bond acceptors (Lipinski definition) is 4. The number of esters is 1. The van der Waals surface area contributed by atoms with E-state index in [1.807, 2.05) is 0 Å². The van der Waals surface area contributed by atoms with Crippen molar-refractivity contribution < 1.29 is 42.6 Å². The van der Waals surface area contributed by atoms with Gasteiger partial charge in [-0.1, -0.05) is 69.7 Å². The van der Waals surface area contributed by atoms with Crippen molar-refractivity contribution in [2.45, 2.75) is 63.7 Å². The quantitative estimate of drug-likeness (QED) is 0.506. The highest BCUT2D eigenvalue weighted by Gasteiger charge is 2.17. The van der Waals surface area contributed by atoms with Crippen LogP contribution in [0.5, 0.6) is 0 Å². The molecule has 4 nitrogen and oxygen atoms in total. The molecule has 5 heteroatoms. The van der Waals surface area contributed by atoms with Crippen molar-refractivity contribution >= 4 is 15.8 Å². The van der Waals surface area contributed by atoms with Gasteiger partial charge in [-0.05, 0) is 18.0 Å². The van der Waals surface area contributed by atoms with Crippen LogP contribution in [0.15, 0.2) is 24.3 Å². The SMILES string of the molecule is [2H]C([2H])(C)C([2H])([2H])C([2H])([2H])C([2H])([2H])C([2H])([2H])C([2H])([2H])C([2H])([2H])C([2H])([2H])C([2H])([2H])S(=O)(=O)Cc1ccccc1C(=O)OC. The molecule has 0 aliphatic rings. The molecule has 0 amide bonds. The number of benzene rings is 1. The van der Waals surface area contributed by atoms with Gasteiger partial charge in [0.2, 0.25) is 0 Å². The standard InChI is InChI=1S/C19H30O4S/c1-3-4-5-6-7-8-9-12-15-24(21,22)16-17-13-10-11-14-18(17)19(20)23-2/h10-11,13-14H,3-9,12,15-16H2,1-2H3/i3D2,4D2,5D2,6D2,7D2,8D2,9D2,12D2,15D2. The van der Waals surface area contributed by atoms with Crippen molar-refractivity contribution in [3.05, 3.63) is 35.4 Å². The van der Waals surface area contributed by atoms with E-state index < -0.39 is 83.8 Å². The molecule has 0 aliphatic carbocycles. The van der Waals surface area contributed by atoms with Crippen LogP contribution in [0.3, 0.4) is 0 Å². The Morgan fingerprint density at radius 1 is 1.04 bits per heavy atom. The normalized spacial score (nSPS) is 27.9. The first-order valence-corrected chi connectivity index (χ1v) is 8.23. The molecule has 0 aliphatic heterocycles. The zero-order valence-corrected chi connectivity index (χ0v) is 13.9. The molecule has 0 unspecified atom stereocenters. The van der Waals surface area contributed by atoms with Gasteiger partial charge in [0.1, 0.15) is 0 Å². The van der Waals surface area contributed by atoms with Crippen molar-refractivity contribution in [1.29, 1.82) is 0 Å². The Bertz CT molecular complexity index is 1280. The highest BCUT2D eigenvalue weighted by molar-refractivity contribution is 7.90. The summed E-state index contributed by atoms with van der Waals surface area (Å²) >= 11 is 0. The molecule has 0 aromatic heterocycles.